The number of benzene rings is 1. The molecule has 7 heteroatoms. The van der Waals surface area contributed by atoms with Crippen molar-refractivity contribution in [1.29, 1.82) is 0 Å². The number of hydrogen-bond donors (Lipinski definition) is 3. The van der Waals surface area contributed by atoms with E-state index in [0.717, 1.165) is 0 Å². The minimum absolute atomic E-state index is 0.0383. The summed E-state index contributed by atoms with van der Waals surface area (Å²) in [7, 11) is 0. The fourth-order valence-electron chi connectivity index (χ4n) is 2.38. The molecule has 1 saturated heterocycles. The smallest absolute Gasteiger partial charge is 0.317 e. The molecule has 1 aromatic rings. The fraction of sp³-hybridized carbons (Fsp3) is 0.467. The van der Waals surface area contributed by atoms with Crippen molar-refractivity contribution in [2.75, 3.05) is 50.3 Å². The average Bonchev–Trinajstić information content (AvgIpc) is 2.50. The van der Waals surface area contributed by atoms with Gasteiger partial charge in [0.1, 0.15) is 0 Å². The molecule has 1 heterocycles. The van der Waals surface area contributed by atoms with Gasteiger partial charge in [-0.3, -0.25) is 9.69 Å². The first-order valence-corrected chi connectivity index (χ1v) is 7.49. The monoisotopic (exact) mass is 305 g/mol. The maximum Gasteiger partial charge on any atom is 0.317 e. The van der Waals surface area contributed by atoms with E-state index in [0.29, 0.717) is 50.6 Å². The van der Waals surface area contributed by atoms with Gasteiger partial charge in [0.25, 0.3) is 0 Å². The Bertz CT molecular complexity index is 526. The van der Waals surface area contributed by atoms with Gasteiger partial charge in [-0.05, 0) is 19.1 Å². The van der Waals surface area contributed by atoms with E-state index in [1.54, 1.807) is 17.0 Å². The Balaban J connectivity index is 1.77. The molecule has 1 aromatic carbocycles. The van der Waals surface area contributed by atoms with Crippen molar-refractivity contribution in [1.82, 2.24) is 15.1 Å². The molecule has 0 saturated carbocycles. The van der Waals surface area contributed by atoms with Gasteiger partial charge in [-0.2, -0.15) is 0 Å². The second-order valence-electron chi connectivity index (χ2n) is 5.23. The number of anilines is 2. The van der Waals surface area contributed by atoms with Crippen LogP contribution in [0.3, 0.4) is 0 Å². The van der Waals surface area contributed by atoms with E-state index in [9.17, 15) is 9.59 Å². The second kappa shape index (κ2) is 7.65. The van der Waals surface area contributed by atoms with Crippen molar-refractivity contribution in [3.05, 3.63) is 24.3 Å². The summed E-state index contributed by atoms with van der Waals surface area (Å²) in [5, 5.41) is 5.60. The molecule has 22 heavy (non-hydrogen) atoms. The zero-order valence-electron chi connectivity index (χ0n) is 12.8. The van der Waals surface area contributed by atoms with Crippen LogP contribution in [-0.4, -0.2) is 61.0 Å². The molecular formula is C15H23N5O2. The Morgan fingerprint density at radius 1 is 1.18 bits per heavy atom. The van der Waals surface area contributed by atoms with Crippen molar-refractivity contribution in [3.63, 3.8) is 0 Å². The molecule has 0 atom stereocenters. The third kappa shape index (κ3) is 4.36. The maximum absolute atomic E-state index is 12.0. The van der Waals surface area contributed by atoms with Crippen LogP contribution in [-0.2, 0) is 4.79 Å². The first-order chi connectivity index (χ1) is 10.6. The molecule has 4 N–H and O–H groups in total. The molecule has 2 rings (SSSR count). The van der Waals surface area contributed by atoms with Gasteiger partial charge in [0.15, 0.2) is 0 Å². The van der Waals surface area contributed by atoms with Gasteiger partial charge in [0.05, 0.1) is 17.9 Å². The average molecular weight is 305 g/mol. The lowest BCUT2D eigenvalue weighted by Crippen LogP contribution is -2.53. The lowest BCUT2D eigenvalue weighted by Gasteiger charge is -2.34. The number of nitrogens with one attached hydrogen (secondary N) is 2. The van der Waals surface area contributed by atoms with Crippen LogP contribution in [0.4, 0.5) is 16.2 Å². The minimum Gasteiger partial charge on any atom is -0.397 e. The van der Waals surface area contributed by atoms with E-state index in [-0.39, 0.29) is 11.9 Å². The number of nitrogens with two attached hydrogens (primary N) is 1. The SMILES string of the molecule is CCNC(=O)N1CCN(CC(=O)Nc2ccccc2N)CC1. The Hall–Kier alpha value is -2.28. The Morgan fingerprint density at radius 3 is 2.50 bits per heavy atom. The van der Waals surface area contributed by atoms with E-state index in [4.69, 9.17) is 5.73 Å². The second-order valence-corrected chi connectivity index (χ2v) is 5.23. The normalized spacial score (nSPS) is 15.4. The Labute approximate surface area is 130 Å². The molecule has 1 aliphatic heterocycles. The van der Waals surface area contributed by atoms with Crippen LogP contribution in [0.25, 0.3) is 0 Å². The summed E-state index contributed by atoms with van der Waals surface area (Å²) in [5.41, 5.74) is 6.99. The molecule has 1 aliphatic rings. The van der Waals surface area contributed by atoms with Crippen LogP contribution in [0.1, 0.15) is 6.92 Å². The third-order valence-corrected chi connectivity index (χ3v) is 3.59. The lowest BCUT2D eigenvalue weighted by atomic mass is 10.2. The molecule has 3 amide bonds. The number of piperazine rings is 1. The molecule has 0 aromatic heterocycles. The van der Waals surface area contributed by atoms with E-state index in [1.165, 1.54) is 0 Å². The summed E-state index contributed by atoms with van der Waals surface area (Å²) in [4.78, 5) is 27.6. The molecule has 7 nitrogen and oxygen atoms in total. The molecule has 120 valence electrons. The quantitative estimate of drug-likeness (QED) is 0.709. The fourth-order valence-corrected chi connectivity index (χ4v) is 2.38. The molecule has 0 radical (unpaired) electrons. The number of carbonyl (C=O) groups is 2. The highest BCUT2D eigenvalue weighted by atomic mass is 16.2. The van der Waals surface area contributed by atoms with Gasteiger partial charge in [0.2, 0.25) is 5.91 Å². The molecule has 0 spiro atoms. The highest BCUT2D eigenvalue weighted by Gasteiger charge is 2.22. The van der Waals surface area contributed by atoms with Crippen molar-refractivity contribution in [2.24, 2.45) is 0 Å². The summed E-state index contributed by atoms with van der Waals surface area (Å²) in [6.07, 6.45) is 0. The molecule has 0 aliphatic carbocycles. The van der Waals surface area contributed by atoms with Gasteiger partial charge in [0, 0.05) is 32.7 Å². The number of urea groups is 1. The summed E-state index contributed by atoms with van der Waals surface area (Å²) in [6.45, 7) is 5.47. The van der Waals surface area contributed by atoms with Gasteiger partial charge in [-0.15, -0.1) is 0 Å². The molecule has 0 unspecified atom stereocenters. The van der Waals surface area contributed by atoms with Crippen LogP contribution in [0.15, 0.2) is 24.3 Å². The van der Waals surface area contributed by atoms with Crippen LogP contribution in [0, 0.1) is 0 Å². The zero-order chi connectivity index (χ0) is 15.9. The standard InChI is InChI=1S/C15H23N5O2/c1-2-17-15(22)20-9-7-19(8-10-20)11-14(21)18-13-6-4-3-5-12(13)16/h3-6H,2,7-11,16H2,1H3,(H,17,22)(H,18,21). The van der Waals surface area contributed by atoms with E-state index in [1.807, 2.05) is 24.0 Å². The van der Waals surface area contributed by atoms with Crippen LogP contribution < -0.4 is 16.4 Å². The zero-order valence-corrected chi connectivity index (χ0v) is 12.8. The first-order valence-electron chi connectivity index (χ1n) is 7.49. The number of hydrogen-bond acceptors (Lipinski definition) is 4. The van der Waals surface area contributed by atoms with E-state index in [2.05, 4.69) is 10.6 Å². The largest absolute Gasteiger partial charge is 0.397 e. The maximum atomic E-state index is 12.0. The van der Waals surface area contributed by atoms with Crippen molar-refractivity contribution < 1.29 is 9.59 Å². The van der Waals surface area contributed by atoms with Gasteiger partial charge >= 0.3 is 6.03 Å². The molecular weight excluding hydrogens is 282 g/mol. The first kappa shape index (κ1) is 16.1. The van der Waals surface area contributed by atoms with Crippen LogP contribution in [0.2, 0.25) is 0 Å². The van der Waals surface area contributed by atoms with Gasteiger partial charge in [-0.25, -0.2) is 4.79 Å². The number of rotatable bonds is 4. The number of nitrogens with zero attached hydrogens (tertiary/aromatic N) is 2. The van der Waals surface area contributed by atoms with Crippen molar-refractivity contribution in [3.8, 4) is 0 Å². The van der Waals surface area contributed by atoms with Gasteiger partial charge < -0.3 is 21.3 Å². The van der Waals surface area contributed by atoms with E-state index < -0.39 is 0 Å². The van der Waals surface area contributed by atoms with Crippen LogP contribution in [0.5, 0.6) is 0 Å². The molecule has 0 bridgehead atoms. The topological polar surface area (TPSA) is 90.7 Å². The summed E-state index contributed by atoms with van der Waals surface area (Å²) < 4.78 is 0. The predicted molar refractivity (Wildman–Crippen MR) is 86.6 cm³/mol. The van der Waals surface area contributed by atoms with Gasteiger partial charge in [-0.1, -0.05) is 12.1 Å². The highest BCUT2D eigenvalue weighted by Crippen LogP contribution is 2.16. The van der Waals surface area contributed by atoms with Crippen molar-refractivity contribution >= 4 is 23.3 Å². The third-order valence-electron chi connectivity index (χ3n) is 3.59. The summed E-state index contributed by atoms with van der Waals surface area (Å²) in [6, 6.07) is 7.15. The van der Waals surface area contributed by atoms with E-state index >= 15 is 0 Å². The van der Waals surface area contributed by atoms with Crippen molar-refractivity contribution in [2.45, 2.75) is 6.92 Å². The molecule has 1 fully saturated rings. The Kier molecular flexibility index (Phi) is 5.60. The number of para-hydroxylation sites is 2. The lowest BCUT2D eigenvalue weighted by molar-refractivity contribution is -0.117. The minimum atomic E-state index is -0.0932. The number of amides is 3. The summed E-state index contributed by atoms with van der Waals surface area (Å²) in [5.74, 6) is -0.0932. The summed E-state index contributed by atoms with van der Waals surface area (Å²) >= 11 is 0. The number of carbonyl (C=O) groups excluding carboxylic acids is 2. The highest BCUT2D eigenvalue weighted by molar-refractivity contribution is 5.95. The predicted octanol–water partition coefficient (Wildman–Crippen LogP) is 0.554. The number of nitrogen functional groups attached to an aromatic ring is 1. The van der Waals surface area contributed by atoms with Crippen LogP contribution >= 0.6 is 0 Å². The Morgan fingerprint density at radius 2 is 1.86 bits per heavy atom.